The lowest BCUT2D eigenvalue weighted by atomic mass is 10.1. The van der Waals surface area contributed by atoms with Crippen molar-refractivity contribution in [1.82, 2.24) is 5.43 Å². The third kappa shape index (κ3) is 4.84. The molecule has 24 heavy (non-hydrogen) atoms. The zero-order chi connectivity index (χ0) is 17.6. The fraction of sp³-hybridized carbons (Fsp3) is 0.176. The van der Waals surface area contributed by atoms with Crippen LogP contribution in [0.15, 0.2) is 53.6 Å². The second kappa shape index (κ2) is 7.63. The summed E-state index contributed by atoms with van der Waals surface area (Å²) in [4.78, 5) is 11.8. The van der Waals surface area contributed by atoms with Crippen LogP contribution in [0.3, 0.4) is 0 Å². The second-order valence-electron chi connectivity index (χ2n) is 4.90. The van der Waals surface area contributed by atoms with E-state index in [2.05, 4.69) is 10.5 Å². The minimum absolute atomic E-state index is 0.0578. The molecule has 0 saturated carbocycles. The predicted molar refractivity (Wildman–Crippen MR) is 83.9 cm³/mol. The lowest BCUT2D eigenvalue weighted by Crippen LogP contribution is -2.20. The van der Waals surface area contributed by atoms with Gasteiger partial charge in [0.2, 0.25) is 5.91 Å². The molecule has 0 atom stereocenters. The first-order valence-electron chi connectivity index (χ1n) is 7.01. The molecule has 0 bridgehead atoms. The lowest BCUT2D eigenvalue weighted by molar-refractivity contribution is -0.137. The number of nitrogens with one attached hydrogen (secondary N) is 1. The monoisotopic (exact) mass is 336 g/mol. The number of benzene rings is 2. The summed E-state index contributed by atoms with van der Waals surface area (Å²) in [7, 11) is 1.54. The van der Waals surface area contributed by atoms with E-state index in [4.69, 9.17) is 4.74 Å². The summed E-state index contributed by atoms with van der Waals surface area (Å²) in [5.41, 5.74) is 2.03. The molecule has 1 N–H and O–H groups in total. The fourth-order valence-electron chi connectivity index (χ4n) is 2.01. The van der Waals surface area contributed by atoms with Gasteiger partial charge < -0.3 is 4.74 Å². The van der Waals surface area contributed by atoms with Crippen LogP contribution in [-0.4, -0.2) is 19.2 Å². The van der Waals surface area contributed by atoms with E-state index in [-0.39, 0.29) is 12.0 Å². The minimum atomic E-state index is -4.48. The number of ether oxygens (including phenoxy) is 1. The number of carbonyl (C=O) groups is 1. The molecule has 0 heterocycles. The maximum absolute atomic E-state index is 12.8. The molecule has 126 valence electrons. The van der Waals surface area contributed by atoms with E-state index in [1.165, 1.54) is 25.3 Å². The van der Waals surface area contributed by atoms with Gasteiger partial charge in [-0.3, -0.25) is 4.79 Å². The lowest BCUT2D eigenvalue weighted by Gasteiger charge is -2.09. The molecule has 0 radical (unpaired) electrons. The Morgan fingerprint density at radius 3 is 2.46 bits per heavy atom. The van der Waals surface area contributed by atoms with Gasteiger partial charge in [-0.2, -0.15) is 18.3 Å². The van der Waals surface area contributed by atoms with Gasteiger partial charge >= 0.3 is 6.18 Å². The summed E-state index contributed by atoms with van der Waals surface area (Å²) < 4.78 is 43.5. The van der Waals surface area contributed by atoms with Gasteiger partial charge in [0.25, 0.3) is 0 Å². The summed E-state index contributed by atoms with van der Waals surface area (Å²) in [5, 5.41) is 3.60. The Balaban J connectivity index is 1.97. The number of hydrogen-bond donors (Lipinski definition) is 1. The molecule has 7 heteroatoms. The van der Waals surface area contributed by atoms with Crippen molar-refractivity contribution < 1.29 is 22.7 Å². The van der Waals surface area contributed by atoms with E-state index in [1.54, 1.807) is 24.3 Å². The highest BCUT2D eigenvalue weighted by molar-refractivity contribution is 5.84. The van der Waals surface area contributed by atoms with Gasteiger partial charge in [0.05, 0.1) is 25.3 Å². The summed E-state index contributed by atoms with van der Waals surface area (Å²) >= 11 is 0. The molecule has 0 aromatic heterocycles. The fourth-order valence-corrected chi connectivity index (χ4v) is 2.01. The molecule has 0 aliphatic carbocycles. The van der Waals surface area contributed by atoms with Crippen molar-refractivity contribution in [3.8, 4) is 5.75 Å². The Hall–Kier alpha value is -2.83. The number of carbonyl (C=O) groups excluding carboxylic acids is 1. The first-order chi connectivity index (χ1) is 11.4. The number of halogens is 3. The van der Waals surface area contributed by atoms with E-state index in [0.29, 0.717) is 5.75 Å². The first kappa shape index (κ1) is 17.5. The number of nitrogens with zero attached hydrogens (tertiary/aromatic N) is 1. The Morgan fingerprint density at radius 2 is 1.83 bits per heavy atom. The molecule has 2 aromatic carbocycles. The number of rotatable bonds is 5. The van der Waals surface area contributed by atoms with Crippen molar-refractivity contribution in [3.63, 3.8) is 0 Å². The number of hydrogen-bond acceptors (Lipinski definition) is 3. The second-order valence-corrected chi connectivity index (χ2v) is 4.90. The van der Waals surface area contributed by atoms with Crippen LogP contribution < -0.4 is 10.2 Å². The quantitative estimate of drug-likeness (QED) is 0.672. The van der Waals surface area contributed by atoms with Crippen LogP contribution in [0.2, 0.25) is 0 Å². The predicted octanol–water partition coefficient (Wildman–Crippen LogP) is 3.41. The first-order valence-corrected chi connectivity index (χ1v) is 7.01. The van der Waals surface area contributed by atoms with E-state index in [1.807, 2.05) is 0 Å². The smallest absolute Gasteiger partial charge is 0.417 e. The van der Waals surface area contributed by atoms with E-state index in [0.717, 1.165) is 17.8 Å². The molecular weight excluding hydrogens is 321 g/mol. The highest BCUT2D eigenvalue weighted by Gasteiger charge is 2.32. The number of alkyl halides is 3. The summed E-state index contributed by atoms with van der Waals surface area (Å²) in [6, 6.07) is 11.9. The Morgan fingerprint density at radius 1 is 1.17 bits per heavy atom. The number of hydrazone groups is 1. The molecular formula is C17H15F3N2O2. The van der Waals surface area contributed by atoms with Gasteiger partial charge in [-0.05, 0) is 23.8 Å². The SMILES string of the molecule is COc1ccc(CC(=O)N/N=C/c2ccccc2C(F)(F)F)cc1. The number of methoxy groups -OCH3 is 1. The largest absolute Gasteiger partial charge is 0.497 e. The van der Waals surface area contributed by atoms with E-state index < -0.39 is 17.6 Å². The van der Waals surface area contributed by atoms with Crippen LogP contribution in [0.25, 0.3) is 0 Å². The van der Waals surface area contributed by atoms with Gasteiger partial charge in [0.1, 0.15) is 5.75 Å². The maximum atomic E-state index is 12.8. The van der Waals surface area contributed by atoms with Crippen LogP contribution in [-0.2, 0) is 17.4 Å². The normalized spacial score (nSPS) is 11.5. The van der Waals surface area contributed by atoms with Gasteiger partial charge in [0.15, 0.2) is 0 Å². The molecule has 0 aliphatic rings. The van der Waals surface area contributed by atoms with Crippen LogP contribution in [0.4, 0.5) is 13.2 Å². The average Bonchev–Trinajstić information content (AvgIpc) is 2.55. The molecule has 0 saturated heterocycles. The summed E-state index contributed by atoms with van der Waals surface area (Å²) in [5.74, 6) is 0.238. The van der Waals surface area contributed by atoms with Crippen molar-refractivity contribution in [2.75, 3.05) is 7.11 Å². The molecule has 1 amide bonds. The Kier molecular flexibility index (Phi) is 5.57. The highest BCUT2D eigenvalue weighted by atomic mass is 19.4. The third-order valence-corrected chi connectivity index (χ3v) is 3.18. The van der Waals surface area contributed by atoms with E-state index >= 15 is 0 Å². The zero-order valence-electron chi connectivity index (χ0n) is 12.8. The van der Waals surface area contributed by atoms with Crippen molar-refractivity contribution in [2.45, 2.75) is 12.6 Å². The van der Waals surface area contributed by atoms with Gasteiger partial charge in [-0.25, -0.2) is 5.43 Å². The minimum Gasteiger partial charge on any atom is -0.497 e. The molecule has 0 spiro atoms. The van der Waals surface area contributed by atoms with Crippen molar-refractivity contribution >= 4 is 12.1 Å². The molecule has 0 fully saturated rings. The Bertz CT molecular complexity index is 725. The molecule has 2 rings (SSSR count). The van der Waals surface area contributed by atoms with Gasteiger partial charge in [-0.1, -0.05) is 30.3 Å². The molecule has 0 aliphatic heterocycles. The topological polar surface area (TPSA) is 50.7 Å². The summed E-state index contributed by atoms with van der Waals surface area (Å²) in [6.45, 7) is 0. The van der Waals surface area contributed by atoms with Crippen LogP contribution in [0.5, 0.6) is 5.75 Å². The third-order valence-electron chi connectivity index (χ3n) is 3.18. The molecule has 0 unspecified atom stereocenters. The summed E-state index contributed by atoms with van der Waals surface area (Å²) in [6.07, 6.45) is -3.44. The Labute approximate surface area is 137 Å². The van der Waals surface area contributed by atoms with Crippen molar-refractivity contribution in [3.05, 3.63) is 65.2 Å². The van der Waals surface area contributed by atoms with Crippen molar-refractivity contribution in [1.29, 1.82) is 0 Å². The van der Waals surface area contributed by atoms with Crippen molar-refractivity contribution in [2.24, 2.45) is 5.10 Å². The van der Waals surface area contributed by atoms with Crippen LogP contribution in [0, 0.1) is 0 Å². The molecule has 2 aromatic rings. The average molecular weight is 336 g/mol. The highest BCUT2D eigenvalue weighted by Crippen LogP contribution is 2.30. The zero-order valence-corrected chi connectivity index (χ0v) is 12.8. The number of amides is 1. The standard InChI is InChI=1S/C17H15F3N2O2/c1-24-14-8-6-12(7-9-14)10-16(23)22-21-11-13-4-2-3-5-15(13)17(18,19)20/h2-9,11H,10H2,1H3,(H,22,23)/b21-11+. The van der Waals surface area contributed by atoms with Crippen LogP contribution in [0.1, 0.15) is 16.7 Å². The maximum Gasteiger partial charge on any atom is 0.417 e. The van der Waals surface area contributed by atoms with Crippen LogP contribution >= 0.6 is 0 Å². The van der Waals surface area contributed by atoms with Gasteiger partial charge in [0, 0.05) is 5.56 Å². The molecule has 4 nitrogen and oxygen atoms in total. The van der Waals surface area contributed by atoms with E-state index in [9.17, 15) is 18.0 Å². The van der Waals surface area contributed by atoms with Gasteiger partial charge in [-0.15, -0.1) is 0 Å².